The number of aliphatic hydroxyl groups is 1. The van der Waals surface area contributed by atoms with Crippen LogP contribution in [-0.4, -0.2) is 16.2 Å². The Morgan fingerprint density at radius 2 is 0.951 bits per heavy atom. The molecule has 214 valence electrons. The van der Waals surface area contributed by atoms with E-state index in [1.54, 1.807) is 24.3 Å². The third-order valence-corrected chi connectivity index (χ3v) is 8.09. The van der Waals surface area contributed by atoms with Gasteiger partial charge < -0.3 is 20.8 Å². The Morgan fingerprint density at radius 3 is 1.24 bits per heavy atom. The summed E-state index contributed by atoms with van der Waals surface area (Å²) in [7, 11) is 0. The van der Waals surface area contributed by atoms with Crippen LogP contribution in [0.15, 0.2) is 109 Å². The second-order valence-electron chi connectivity index (χ2n) is 10.8. The Hall–Kier alpha value is -3.77. The minimum atomic E-state index is -2.16. The predicted octanol–water partition coefficient (Wildman–Crippen LogP) is 7.61. The van der Waals surface area contributed by atoms with Crippen LogP contribution < -0.4 is 10.6 Å². The summed E-state index contributed by atoms with van der Waals surface area (Å²) in [4.78, 5) is 12.5. The molecule has 0 heterocycles. The maximum atomic E-state index is 12.5. The van der Waals surface area contributed by atoms with Gasteiger partial charge in [-0.2, -0.15) is 0 Å². The third-order valence-electron chi connectivity index (χ3n) is 8.09. The Bertz CT molecular complexity index is 1270. The normalized spacial score (nSPS) is 15.8. The fourth-order valence-electron chi connectivity index (χ4n) is 5.51. The Kier molecular flexibility index (Phi) is 10.1. The summed E-state index contributed by atoms with van der Waals surface area (Å²) in [6, 6.07) is 35.7. The van der Waals surface area contributed by atoms with Crippen LogP contribution in [-0.2, 0) is 10.4 Å². The molecule has 41 heavy (non-hydrogen) atoms. The van der Waals surface area contributed by atoms with Gasteiger partial charge in [0.15, 0.2) is 0 Å². The highest BCUT2D eigenvalue weighted by Gasteiger charge is 2.40. The molecule has 0 saturated carbocycles. The fraction of sp³-hybridized carbons (Fsp3) is 0.306. The summed E-state index contributed by atoms with van der Waals surface area (Å²) in [6.45, 7) is 8.52. The second kappa shape index (κ2) is 13.7. The number of carboxylic acid groups (broad SMARTS) is 1. The average molecular weight is 551 g/mol. The van der Waals surface area contributed by atoms with Crippen LogP contribution in [0, 0.1) is 0 Å². The van der Waals surface area contributed by atoms with Crippen molar-refractivity contribution in [2.45, 2.75) is 70.3 Å². The zero-order valence-electron chi connectivity index (χ0n) is 24.4. The van der Waals surface area contributed by atoms with E-state index in [9.17, 15) is 15.0 Å². The third kappa shape index (κ3) is 6.94. The van der Waals surface area contributed by atoms with Gasteiger partial charge in [-0.15, -0.1) is 0 Å². The molecule has 4 aromatic rings. The van der Waals surface area contributed by atoms with Gasteiger partial charge in [-0.05, 0) is 60.1 Å². The summed E-state index contributed by atoms with van der Waals surface area (Å²) < 4.78 is 0. The van der Waals surface area contributed by atoms with E-state index >= 15 is 0 Å². The van der Waals surface area contributed by atoms with Gasteiger partial charge in [0.2, 0.25) is 5.60 Å². The molecule has 0 spiro atoms. The minimum absolute atomic E-state index is 0.0909. The highest BCUT2D eigenvalue weighted by molar-refractivity contribution is 5.83. The molecule has 0 amide bonds. The molecule has 0 aliphatic carbocycles. The molecule has 4 unspecified atom stereocenters. The van der Waals surface area contributed by atoms with E-state index in [4.69, 9.17) is 0 Å². The molecular weight excluding hydrogens is 508 g/mol. The van der Waals surface area contributed by atoms with E-state index in [-0.39, 0.29) is 24.2 Å². The highest BCUT2D eigenvalue weighted by atomic mass is 16.4. The fourth-order valence-corrected chi connectivity index (χ4v) is 5.51. The smallest absolute Gasteiger partial charge is 0.345 e. The van der Waals surface area contributed by atoms with Crippen LogP contribution in [0.4, 0.5) is 0 Å². The van der Waals surface area contributed by atoms with Crippen molar-refractivity contribution in [3.8, 4) is 0 Å². The van der Waals surface area contributed by atoms with Gasteiger partial charge in [0, 0.05) is 24.2 Å². The summed E-state index contributed by atoms with van der Waals surface area (Å²) in [6.07, 6.45) is 1.74. The van der Waals surface area contributed by atoms with Gasteiger partial charge in [-0.1, -0.05) is 123 Å². The molecule has 0 radical (unpaired) electrons. The molecule has 5 nitrogen and oxygen atoms in total. The lowest BCUT2D eigenvalue weighted by Crippen LogP contribution is -2.37. The van der Waals surface area contributed by atoms with Crippen molar-refractivity contribution in [2.75, 3.05) is 0 Å². The summed E-state index contributed by atoms with van der Waals surface area (Å²) in [5, 5.41) is 29.1. The first-order valence-corrected chi connectivity index (χ1v) is 14.6. The van der Waals surface area contributed by atoms with Crippen molar-refractivity contribution in [2.24, 2.45) is 0 Å². The maximum Gasteiger partial charge on any atom is 0.345 e. The van der Waals surface area contributed by atoms with Gasteiger partial charge in [-0.25, -0.2) is 4.79 Å². The molecule has 0 aliphatic rings. The monoisotopic (exact) mass is 550 g/mol. The van der Waals surface area contributed by atoms with Gasteiger partial charge in [0.05, 0.1) is 0 Å². The van der Waals surface area contributed by atoms with Crippen molar-refractivity contribution in [3.05, 3.63) is 143 Å². The van der Waals surface area contributed by atoms with Crippen molar-refractivity contribution in [1.29, 1.82) is 0 Å². The van der Waals surface area contributed by atoms with Crippen LogP contribution >= 0.6 is 0 Å². The first-order chi connectivity index (χ1) is 19.8. The number of carbonyl (C=O) groups is 1. The van der Waals surface area contributed by atoms with Crippen molar-refractivity contribution in [3.63, 3.8) is 0 Å². The summed E-state index contributed by atoms with van der Waals surface area (Å²) in [5.74, 6) is -1.30. The minimum Gasteiger partial charge on any atom is -0.479 e. The maximum absolute atomic E-state index is 12.5. The van der Waals surface area contributed by atoms with E-state index in [0.29, 0.717) is 11.1 Å². The van der Waals surface area contributed by atoms with Gasteiger partial charge in [-0.3, -0.25) is 0 Å². The van der Waals surface area contributed by atoms with Crippen LogP contribution in [0.2, 0.25) is 0 Å². The lowest BCUT2D eigenvalue weighted by molar-refractivity contribution is -0.155. The molecule has 0 aromatic heterocycles. The van der Waals surface area contributed by atoms with Crippen molar-refractivity contribution < 1.29 is 15.0 Å². The van der Waals surface area contributed by atoms with E-state index in [2.05, 4.69) is 62.6 Å². The van der Waals surface area contributed by atoms with Crippen molar-refractivity contribution >= 4 is 5.97 Å². The average Bonchev–Trinajstić information content (AvgIpc) is 3.02. The quantitative estimate of drug-likeness (QED) is 0.138. The molecule has 0 aliphatic heterocycles. The zero-order valence-corrected chi connectivity index (χ0v) is 24.4. The number of aliphatic carboxylic acids is 1. The highest BCUT2D eigenvalue weighted by Crippen LogP contribution is 2.33. The van der Waals surface area contributed by atoms with Gasteiger partial charge in [0.1, 0.15) is 0 Å². The van der Waals surface area contributed by atoms with Crippen LogP contribution in [0.5, 0.6) is 0 Å². The second-order valence-corrected chi connectivity index (χ2v) is 10.8. The van der Waals surface area contributed by atoms with Crippen molar-refractivity contribution in [1.82, 2.24) is 10.6 Å². The van der Waals surface area contributed by atoms with Crippen LogP contribution in [0.3, 0.4) is 0 Å². The van der Waals surface area contributed by atoms with Crippen LogP contribution in [0.1, 0.15) is 98.1 Å². The lowest BCUT2D eigenvalue weighted by atomic mass is 9.84. The standard InChI is InChI=1S/C36H42N2O3/c1-5-33(37-25(3)27-13-9-7-10-14-27)29-17-21-31(22-18-29)36(41,35(39)40)32-23-19-30(20-24-32)34(6-2)38-26(4)28-15-11-8-12-16-28/h7-26,33-34,37-38,41H,5-6H2,1-4H3,(H,39,40). The Morgan fingerprint density at radius 1 is 0.610 bits per heavy atom. The lowest BCUT2D eigenvalue weighted by Gasteiger charge is -2.27. The molecule has 5 heteroatoms. The van der Waals surface area contributed by atoms with E-state index in [0.717, 1.165) is 24.0 Å². The SMILES string of the molecule is CCC(NC(C)c1ccccc1)c1ccc(C(O)(C(=O)O)c2ccc(C(CC)NC(C)c3ccccc3)cc2)cc1. The van der Waals surface area contributed by atoms with Crippen LogP contribution in [0.25, 0.3) is 0 Å². The number of hydrogen-bond donors (Lipinski definition) is 4. The number of benzene rings is 4. The van der Waals surface area contributed by atoms with E-state index in [1.165, 1.54) is 11.1 Å². The Labute approximate surface area is 244 Å². The van der Waals surface area contributed by atoms with Gasteiger partial charge >= 0.3 is 5.97 Å². The van der Waals surface area contributed by atoms with E-state index in [1.807, 2.05) is 60.7 Å². The molecule has 4 N–H and O–H groups in total. The number of hydrogen-bond acceptors (Lipinski definition) is 4. The Balaban J connectivity index is 1.52. The topological polar surface area (TPSA) is 81.6 Å². The molecule has 0 saturated heterocycles. The molecule has 4 rings (SSSR count). The number of carboxylic acids is 1. The molecule has 0 bridgehead atoms. The first kappa shape index (κ1) is 30.2. The number of nitrogens with one attached hydrogen (secondary N) is 2. The molecule has 4 aromatic carbocycles. The largest absolute Gasteiger partial charge is 0.479 e. The van der Waals surface area contributed by atoms with Gasteiger partial charge in [0.25, 0.3) is 0 Å². The molecular formula is C36H42N2O3. The first-order valence-electron chi connectivity index (χ1n) is 14.6. The van der Waals surface area contributed by atoms with E-state index < -0.39 is 11.6 Å². The predicted molar refractivity (Wildman–Crippen MR) is 166 cm³/mol. The molecule has 0 fully saturated rings. The summed E-state index contributed by atoms with van der Waals surface area (Å²) >= 11 is 0. The molecule has 4 atom stereocenters. The zero-order chi connectivity index (χ0) is 29.4. The summed E-state index contributed by atoms with van der Waals surface area (Å²) in [5.41, 5.74) is 3.02. The number of rotatable bonds is 13.